The molecule has 0 saturated carbocycles. The van der Waals surface area contributed by atoms with E-state index < -0.39 is 17.8 Å². The SMILES string of the molecule is C=C.CCN(CC)CCN(Cc1ccc(-c2ccc(C(F)(F)F)cc2)cc1)C(=O)C(C)N(/N=C(/C)C(C)=O)C(C)SCc1ccc(F)cc1. The van der Waals surface area contributed by atoms with Crippen LogP contribution in [0.2, 0.25) is 0 Å². The lowest BCUT2D eigenvalue weighted by Gasteiger charge is -2.35. The molecule has 0 aliphatic carbocycles. The molecule has 3 rings (SSSR count). The van der Waals surface area contributed by atoms with Crippen LogP contribution in [0.3, 0.4) is 0 Å². The highest BCUT2D eigenvalue weighted by Crippen LogP contribution is 2.31. The van der Waals surface area contributed by atoms with E-state index in [9.17, 15) is 27.2 Å². The number of alkyl halides is 3. The van der Waals surface area contributed by atoms with Gasteiger partial charge >= 0.3 is 6.18 Å². The number of hydrazone groups is 1. The van der Waals surface area contributed by atoms with Gasteiger partial charge in [-0.25, -0.2) is 4.39 Å². The number of rotatable bonds is 16. The van der Waals surface area contributed by atoms with Crippen molar-refractivity contribution in [3.63, 3.8) is 0 Å². The van der Waals surface area contributed by atoms with Gasteiger partial charge in [0.15, 0.2) is 5.78 Å². The molecular weight excluding hydrogens is 653 g/mol. The zero-order valence-corrected chi connectivity index (χ0v) is 30.1. The minimum atomic E-state index is -4.40. The number of hydrogen-bond donors (Lipinski definition) is 0. The molecule has 2 atom stereocenters. The summed E-state index contributed by atoms with van der Waals surface area (Å²) in [6.07, 6.45) is -4.40. The largest absolute Gasteiger partial charge is 0.416 e. The third-order valence-corrected chi connectivity index (χ3v) is 9.27. The fraction of sp³-hybridized carbons (Fsp3) is 0.395. The third kappa shape index (κ3) is 12.8. The topological polar surface area (TPSA) is 56.2 Å². The van der Waals surface area contributed by atoms with Crippen molar-refractivity contribution >= 4 is 29.2 Å². The molecule has 0 heterocycles. The van der Waals surface area contributed by atoms with Crippen LogP contribution in [0.15, 0.2) is 91.1 Å². The maximum absolute atomic E-state index is 14.2. The Morgan fingerprint density at radius 2 is 1.33 bits per heavy atom. The molecule has 3 aromatic carbocycles. The third-order valence-electron chi connectivity index (χ3n) is 8.07. The Hall–Kier alpha value is -3.96. The predicted octanol–water partition coefficient (Wildman–Crippen LogP) is 8.92. The number of nitrogens with zero attached hydrogens (tertiary/aromatic N) is 4. The smallest absolute Gasteiger partial charge is 0.335 e. The molecule has 266 valence electrons. The second-order valence-corrected chi connectivity index (χ2v) is 12.7. The van der Waals surface area contributed by atoms with E-state index in [1.807, 2.05) is 31.2 Å². The van der Waals surface area contributed by atoms with E-state index in [4.69, 9.17) is 0 Å². The lowest BCUT2D eigenvalue weighted by Crippen LogP contribution is -2.49. The number of carbonyl (C=O) groups excluding carboxylic acids is 2. The van der Waals surface area contributed by atoms with Crippen molar-refractivity contribution in [3.05, 3.63) is 108 Å². The van der Waals surface area contributed by atoms with Gasteiger partial charge in [-0.05, 0) is 80.4 Å². The standard InChI is InChI=1S/C36H44F4N4O2S.C2H4/c1-7-42(8-2)21-22-43(23-29-9-13-31(14-10-29)32-15-17-33(18-16-32)36(38,39)40)35(46)26(4)44(41-25(3)27(5)45)28(6)47-24-30-11-19-34(37)20-12-30;1-2/h9-20,26,28H,7-8,21-24H2,1-6H3;1-2H2/b41-25-;. The molecule has 0 aliphatic heterocycles. The van der Waals surface area contributed by atoms with Crippen molar-refractivity contribution in [1.29, 1.82) is 0 Å². The molecule has 6 nitrogen and oxygen atoms in total. The summed E-state index contributed by atoms with van der Waals surface area (Å²) in [5.74, 6) is -0.103. The number of carbonyl (C=O) groups is 2. The first-order valence-electron chi connectivity index (χ1n) is 16.2. The minimum Gasteiger partial charge on any atom is -0.335 e. The summed E-state index contributed by atoms with van der Waals surface area (Å²) in [5, 5.41) is 5.98. The predicted molar refractivity (Wildman–Crippen MR) is 194 cm³/mol. The highest BCUT2D eigenvalue weighted by Gasteiger charge is 2.31. The Bertz CT molecular complexity index is 1490. The number of Topliss-reactive ketones (excluding diaryl/α,β-unsaturated/α-hetero) is 1. The molecule has 0 aromatic heterocycles. The molecule has 0 spiro atoms. The summed E-state index contributed by atoms with van der Waals surface area (Å²) in [4.78, 5) is 30.4. The summed E-state index contributed by atoms with van der Waals surface area (Å²) < 4.78 is 52.5. The van der Waals surface area contributed by atoms with Crippen LogP contribution in [0.25, 0.3) is 11.1 Å². The second kappa shape index (κ2) is 19.9. The number of thioether (sulfide) groups is 1. The van der Waals surface area contributed by atoms with E-state index >= 15 is 0 Å². The first-order chi connectivity index (χ1) is 23.2. The normalized spacial score (nSPS) is 12.9. The number of halogens is 4. The molecule has 3 aromatic rings. The van der Waals surface area contributed by atoms with Crippen LogP contribution in [-0.4, -0.2) is 69.8 Å². The van der Waals surface area contributed by atoms with Crippen molar-refractivity contribution in [2.45, 2.75) is 71.4 Å². The fourth-order valence-electron chi connectivity index (χ4n) is 4.92. The maximum Gasteiger partial charge on any atom is 0.416 e. The first-order valence-corrected chi connectivity index (χ1v) is 17.3. The number of likely N-dealkylation sites (N-methyl/N-ethyl adjacent to an activating group) is 1. The molecular formula is C38H48F4N4O2S. The quantitative estimate of drug-likeness (QED) is 0.0491. The Morgan fingerprint density at radius 1 is 0.816 bits per heavy atom. The van der Waals surface area contributed by atoms with Crippen LogP contribution >= 0.6 is 11.8 Å². The van der Waals surface area contributed by atoms with E-state index in [0.717, 1.165) is 41.9 Å². The summed E-state index contributed by atoms with van der Waals surface area (Å²) in [5.41, 5.74) is 2.81. The zero-order valence-electron chi connectivity index (χ0n) is 29.3. The van der Waals surface area contributed by atoms with E-state index in [1.54, 1.807) is 35.9 Å². The molecule has 0 radical (unpaired) electrons. The van der Waals surface area contributed by atoms with Gasteiger partial charge in [-0.2, -0.15) is 18.3 Å². The summed E-state index contributed by atoms with van der Waals surface area (Å²) >= 11 is 1.53. The minimum absolute atomic E-state index is 0.154. The summed E-state index contributed by atoms with van der Waals surface area (Å²) in [6.45, 7) is 20.0. The summed E-state index contributed by atoms with van der Waals surface area (Å²) in [6, 6.07) is 18.0. The summed E-state index contributed by atoms with van der Waals surface area (Å²) in [7, 11) is 0. The highest BCUT2D eigenvalue weighted by atomic mass is 32.2. The van der Waals surface area contributed by atoms with E-state index in [0.29, 0.717) is 31.0 Å². The van der Waals surface area contributed by atoms with Crippen molar-refractivity contribution in [2.24, 2.45) is 5.10 Å². The van der Waals surface area contributed by atoms with Gasteiger partial charge in [-0.3, -0.25) is 14.6 Å². The van der Waals surface area contributed by atoms with Crippen molar-refractivity contribution < 1.29 is 27.2 Å². The molecule has 1 amide bonds. The Balaban J connectivity index is 0.00000409. The van der Waals surface area contributed by atoms with Crippen LogP contribution < -0.4 is 0 Å². The van der Waals surface area contributed by atoms with Crippen LogP contribution in [-0.2, 0) is 28.1 Å². The Morgan fingerprint density at radius 3 is 1.82 bits per heavy atom. The Kier molecular flexibility index (Phi) is 16.7. The van der Waals surface area contributed by atoms with Crippen LogP contribution in [0.5, 0.6) is 0 Å². The van der Waals surface area contributed by atoms with Gasteiger partial charge in [0, 0.05) is 32.3 Å². The number of hydrogen-bond acceptors (Lipinski definition) is 6. The fourth-order valence-corrected chi connectivity index (χ4v) is 5.93. The molecule has 0 fully saturated rings. The van der Waals surface area contributed by atoms with Crippen molar-refractivity contribution in [2.75, 3.05) is 26.2 Å². The van der Waals surface area contributed by atoms with Crippen LogP contribution in [0.4, 0.5) is 17.6 Å². The molecule has 0 bridgehead atoms. The molecule has 11 heteroatoms. The number of amides is 1. The highest BCUT2D eigenvalue weighted by molar-refractivity contribution is 7.99. The zero-order chi connectivity index (χ0) is 36.7. The van der Waals surface area contributed by atoms with E-state index in [1.165, 1.54) is 43.0 Å². The van der Waals surface area contributed by atoms with Crippen molar-refractivity contribution in [1.82, 2.24) is 14.8 Å². The Labute approximate surface area is 292 Å². The van der Waals surface area contributed by atoms with Crippen LogP contribution in [0.1, 0.15) is 58.2 Å². The first kappa shape index (κ1) is 41.2. The molecule has 0 N–H and O–H groups in total. The van der Waals surface area contributed by atoms with Crippen molar-refractivity contribution in [3.8, 4) is 11.1 Å². The van der Waals surface area contributed by atoms with E-state index in [-0.39, 0.29) is 28.6 Å². The average molecular weight is 701 g/mol. The van der Waals surface area contributed by atoms with Gasteiger partial charge < -0.3 is 9.80 Å². The van der Waals surface area contributed by atoms with Gasteiger partial charge in [-0.15, -0.1) is 24.9 Å². The van der Waals surface area contributed by atoms with Gasteiger partial charge in [-0.1, -0.05) is 62.4 Å². The monoisotopic (exact) mass is 700 g/mol. The average Bonchev–Trinajstić information content (AvgIpc) is 3.10. The van der Waals surface area contributed by atoms with Gasteiger partial charge in [0.1, 0.15) is 17.6 Å². The molecule has 0 aliphatic rings. The maximum atomic E-state index is 14.2. The number of ketones is 1. The van der Waals surface area contributed by atoms with Gasteiger partial charge in [0.2, 0.25) is 5.91 Å². The molecule has 2 unspecified atom stereocenters. The van der Waals surface area contributed by atoms with Crippen LogP contribution in [0, 0.1) is 5.82 Å². The van der Waals surface area contributed by atoms with Gasteiger partial charge in [0.25, 0.3) is 0 Å². The second-order valence-electron chi connectivity index (χ2n) is 11.4. The lowest BCUT2D eigenvalue weighted by atomic mass is 10.0. The molecule has 49 heavy (non-hydrogen) atoms. The van der Waals surface area contributed by atoms with Gasteiger partial charge in [0.05, 0.1) is 10.9 Å². The lowest BCUT2D eigenvalue weighted by molar-refractivity contribution is -0.138. The molecule has 0 saturated heterocycles. The van der Waals surface area contributed by atoms with E-state index in [2.05, 4.69) is 37.0 Å². The number of benzene rings is 3.